The van der Waals surface area contributed by atoms with Crippen LogP contribution in [0.15, 0.2) is 41.9 Å². The minimum atomic E-state index is 0.0191. The van der Waals surface area contributed by atoms with Crippen molar-refractivity contribution in [1.82, 2.24) is 29.0 Å². The van der Waals surface area contributed by atoms with Crippen LogP contribution >= 0.6 is 23.1 Å². The Morgan fingerprint density at radius 2 is 2.03 bits per heavy atom. The van der Waals surface area contributed by atoms with E-state index < -0.39 is 0 Å². The lowest BCUT2D eigenvalue weighted by molar-refractivity contribution is -0.127. The second-order valence-electron chi connectivity index (χ2n) is 6.86. The summed E-state index contributed by atoms with van der Waals surface area (Å²) >= 11 is 3.02. The molecule has 0 bridgehead atoms. The molecular formula is C20H22N6O2S2. The summed E-state index contributed by atoms with van der Waals surface area (Å²) in [5, 5.41) is 8.82. The van der Waals surface area contributed by atoms with Crippen molar-refractivity contribution < 1.29 is 9.53 Å². The van der Waals surface area contributed by atoms with Gasteiger partial charge in [-0.2, -0.15) is 0 Å². The maximum atomic E-state index is 12.8. The number of hydrogen-bond acceptors (Lipinski definition) is 7. The van der Waals surface area contributed by atoms with Crippen molar-refractivity contribution in [1.29, 1.82) is 0 Å². The molecular weight excluding hydrogens is 420 g/mol. The van der Waals surface area contributed by atoms with E-state index >= 15 is 0 Å². The first-order chi connectivity index (χ1) is 14.5. The number of amides is 1. The van der Waals surface area contributed by atoms with Crippen LogP contribution < -0.4 is 4.74 Å². The van der Waals surface area contributed by atoms with E-state index in [1.54, 1.807) is 29.7 Å². The number of thiazole rings is 1. The standard InChI is InChI=1S/C20H22N6O2S2/c1-13-9-25-17(14(2)22-19(25)30-13)10-24(3)18(27)11-29-20-23-21-12-26(20)15-5-7-16(28-4)8-6-15/h5-9,12H,10-11H2,1-4H3. The third kappa shape index (κ3) is 4.05. The minimum Gasteiger partial charge on any atom is -0.497 e. The first-order valence-electron chi connectivity index (χ1n) is 9.31. The normalized spacial score (nSPS) is 11.2. The third-order valence-electron chi connectivity index (χ3n) is 4.75. The molecule has 0 spiro atoms. The Morgan fingerprint density at radius 1 is 1.27 bits per heavy atom. The average Bonchev–Trinajstić information content (AvgIpc) is 3.42. The number of aryl methyl sites for hydroxylation is 2. The first kappa shape index (κ1) is 20.4. The lowest BCUT2D eigenvalue weighted by Gasteiger charge is -2.17. The summed E-state index contributed by atoms with van der Waals surface area (Å²) in [5.41, 5.74) is 2.90. The number of carbonyl (C=O) groups excluding carboxylic acids is 1. The zero-order valence-corrected chi connectivity index (χ0v) is 18.8. The van der Waals surface area contributed by atoms with E-state index in [1.807, 2.05) is 42.8 Å². The molecule has 4 aromatic rings. The lowest BCUT2D eigenvalue weighted by atomic mass is 10.3. The number of fused-ring (bicyclic) bond motifs is 1. The fraction of sp³-hybridized carbons (Fsp3) is 0.300. The van der Waals surface area contributed by atoms with E-state index in [4.69, 9.17) is 4.74 Å². The molecule has 4 rings (SSSR count). The van der Waals surface area contributed by atoms with Gasteiger partial charge < -0.3 is 9.64 Å². The highest BCUT2D eigenvalue weighted by Gasteiger charge is 2.17. The molecule has 8 nitrogen and oxygen atoms in total. The third-order valence-corrected chi connectivity index (χ3v) is 6.57. The molecule has 0 saturated heterocycles. The van der Waals surface area contributed by atoms with Crippen molar-refractivity contribution in [3.8, 4) is 11.4 Å². The molecule has 0 unspecified atom stereocenters. The monoisotopic (exact) mass is 442 g/mol. The fourth-order valence-electron chi connectivity index (χ4n) is 3.09. The minimum absolute atomic E-state index is 0.0191. The number of thioether (sulfide) groups is 1. The van der Waals surface area contributed by atoms with Gasteiger partial charge in [-0.05, 0) is 38.1 Å². The molecule has 0 N–H and O–H groups in total. The second-order valence-corrected chi connectivity index (χ2v) is 9.01. The molecule has 156 valence electrons. The lowest BCUT2D eigenvalue weighted by Crippen LogP contribution is -2.28. The molecule has 0 aliphatic rings. The van der Waals surface area contributed by atoms with Gasteiger partial charge in [-0.1, -0.05) is 11.8 Å². The molecule has 10 heteroatoms. The highest BCUT2D eigenvalue weighted by atomic mass is 32.2. The van der Waals surface area contributed by atoms with E-state index in [2.05, 4.69) is 32.7 Å². The van der Waals surface area contributed by atoms with E-state index in [1.165, 1.54) is 16.6 Å². The summed E-state index contributed by atoms with van der Waals surface area (Å²) in [6.07, 6.45) is 3.71. The number of rotatable bonds is 7. The van der Waals surface area contributed by atoms with Crippen LogP contribution in [0, 0.1) is 13.8 Å². The molecule has 3 aromatic heterocycles. The van der Waals surface area contributed by atoms with Crippen molar-refractivity contribution in [2.45, 2.75) is 25.5 Å². The second kappa shape index (κ2) is 8.49. The zero-order valence-electron chi connectivity index (χ0n) is 17.2. The van der Waals surface area contributed by atoms with E-state index in [-0.39, 0.29) is 11.7 Å². The first-order valence-corrected chi connectivity index (χ1v) is 11.1. The summed E-state index contributed by atoms with van der Waals surface area (Å²) in [5.74, 6) is 1.07. The van der Waals surface area contributed by atoms with Gasteiger partial charge in [-0.3, -0.25) is 13.8 Å². The van der Waals surface area contributed by atoms with Crippen LogP contribution in [0.5, 0.6) is 5.75 Å². The Balaban J connectivity index is 1.42. The van der Waals surface area contributed by atoms with Crippen molar-refractivity contribution in [3.05, 3.63) is 53.1 Å². The molecule has 0 atom stereocenters. The van der Waals surface area contributed by atoms with Crippen LogP contribution in [0.2, 0.25) is 0 Å². The smallest absolute Gasteiger partial charge is 0.233 e. The van der Waals surface area contributed by atoms with Crippen molar-refractivity contribution in [3.63, 3.8) is 0 Å². The Hall–Kier alpha value is -2.85. The van der Waals surface area contributed by atoms with Gasteiger partial charge in [-0.15, -0.1) is 21.5 Å². The number of aromatic nitrogens is 5. The molecule has 0 fully saturated rings. The van der Waals surface area contributed by atoms with Gasteiger partial charge in [0.15, 0.2) is 10.1 Å². The number of ether oxygens (including phenoxy) is 1. The Morgan fingerprint density at radius 3 is 2.77 bits per heavy atom. The van der Waals surface area contributed by atoms with Gasteiger partial charge in [0.05, 0.1) is 30.8 Å². The van der Waals surface area contributed by atoms with Crippen LogP contribution in [-0.4, -0.2) is 54.9 Å². The Kier molecular flexibility index (Phi) is 5.78. The predicted molar refractivity (Wildman–Crippen MR) is 118 cm³/mol. The molecule has 30 heavy (non-hydrogen) atoms. The number of hydrogen-bond donors (Lipinski definition) is 0. The van der Waals surface area contributed by atoms with Crippen LogP contribution in [-0.2, 0) is 11.3 Å². The number of nitrogens with zero attached hydrogens (tertiary/aromatic N) is 6. The largest absolute Gasteiger partial charge is 0.497 e. The number of benzene rings is 1. The van der Waals surface area contributed by atoms with Crippen LogP contribution in [0.4, 0.5) is 0 Å². The summed E-state index contributed by atoms with van der Waals surface area (Å²) < 4.78 is 9.13. The maximum absolute atomic E-state index is 12.8. The SMILES string of the molecule is COc1ccc(-n2cnnc2SCC(=O)N(C)Cc2c(C)nc3sc(C)cn23)cc1. The molecule has 1 amide bonds. The highest BCUT2D eigenvalue weighted by molar-refractivity contribution is 7.99. The van der Waals surface area contributed by atoms with Gasteiger partial charge in [0.1, 0.15) is 12.1 Å². The molecule has 0 saturated carbocycles. The van der Waals surface area contributed by atoms with Gasteiger partial charge in [0, 0.05) is 23.8 Å². The van der Waals surface area contributed by atoms with Crippen molar-refractivity contribution in [2.24, 2.45) is 0 Å². The van der Waals surface area contributed by atoms with E-state index in [9.17, 15) is 4.79 Å². The summed E-state index contributed by atoms with van der Waals surface area (Å²) in [6.45, 7) is 4.55. The molecule has 1 aromatic carbocycles. The van der Waals surface area contributed by atoms with Crippen LogP contribution in [0.25, 0.3) is 10.6 Å². The van der Waals surface area contributed by atoms with Gasteiger partial charge in [-0.25, -0.2) is 4.98 Å². The highest BCUT2D eigenvalue weighted by Crippen LogP contribution is 2.23. The summed E-state index contributed by atoms with van der Waals surface area (Å²) in [6, 6.07) is 7.61. The van der Waals surface area contributed by atoms with Crippen LogP contribution in [0.3, 0.4) is 0 Å². The average molecular weight is 443 g/mol. The molecule has 3 heterocycles. The molecule has 0 aliphatic heterocycles. The van der Waals surface area contributed by atoms with E-state index in [0.29, 0.717) is 11.7 Å². The molecule has 0 aliphatic carbocycles. The van der Waals surface area contributed by atoms with Crippen molar-refractivity contribution >= 4 is 34.0 Å². The van der Waals surface area contributed by atoms with Gasteiger partial charge >= 0.3 is 0 Å². The quantitative estimate of drug-likeness (QED) is 0.409. The fourth-order valence-corrected chi connectivity index (χ4v) is 4.85. The zero-order chi connectivity index (χ0) is 21.3. The number of imidazole rings is 1. The number of carbonyl (C=O) groups is 1. The number of methoxy groups -OCH3 is 1. The van der Waals surface area contributed by atoms with E-state index in [0.717, 1.165) is 27.8 Å². The van der Waals surface area contributed by atoms with Gasteiger partial charge in [0.2, 0.25) is 5.91 Å². The maximum Gasteiger partial charge on any atom is 0.233 e. The Labute approximate surface area is 182 Å². The Bertz CT molecular complexity index is 1180. The van der Waals surface area contributed by atoms with Gasteiger partial charge in [0.25, 0.3) is 0 Å². The topological polar surface area (TPSA) is 77.5 Å². The van der Waals surface area contributed by atoms with Crippen LogP contribution in [0.1, 0.15) is 16.3 Å². The summed E-state index contributed by atoms with van der Waals surface area (Å²) in [7, 11) is 3.45. The van der Waals surface area contributed by atoms with Crippen molar-refractivity contribution in [2.75, 3.05) is 19.9 Å². The molecule has 0 radical (unpaired) electrons. The predicted octanol–water partition coefficient (Wildman–Crippen LogP) is 3.35. The summed E-state index contributed by atoms with van der Waals surface area (Å²) in [4.78, 5) is 21.2.